The molecule has 0 radical (unpaired) electrons. The van der Waals surface area contributed by atoms with Gasteiger partial charge in [-0.3, -0.25) is 4.79 Å². The van der Waals surface area contributed by atoms with Crippen LogP contribution in [0.3, 0.4) is 0 Å². The lowest BCUT2D eigenvalue weighted by molar-refractivity contribution is -0.152. The predicted molar refractivity (Wildman–Crippen MR) is 64.6 cm³/mol. The molecule has 0 saturated carbocycles. The van der Waals surface area contributed by atoms with Crippen molar-refractivity contribution >= 4 is 12.3 Å². The molecule has 1 unspecified atom stereocenters. The Kier molecular flexibility index (Phi) is 5.44. The Balaban J connectivity index is 2.76. The van der Waals surface area contributed by atoms with Crippen molar-refractivity contribution in [3.63, 3.8) is 0 Å². The van der Waals surface area contributed by atoms with Gasteiger partial charge in [-0.15, -0.1) is 0 Å². The van der Waals surface area contributed by atoms with Crippen LogP contribution in [0.15, 0.2) is 36.9 Å². The molecule has 96 valence electrons. The fourth-order valence-corrected chi connectivity index (χ4v) is 1.21. The molecule has 0 aliphatic carbocycles. The molecule has 0 fully saturated rings. The van der Waals surface area contributed by atoms with Crippen molar-refractivity contribution in [3.8, 4) is 11.5 Å². The minimum atomic E-state index is -1.32. The van der Waals surface area contributed by atoms with Gasteiger partial charge in [0.25, 0.3) is 0 Å². The van der Waals surface area contributed by atoms with Crippen LogP contribution < -0.4 is 9.47 Å². The minimum Gasteiger partial charge on any atom is -0.493 e. The summed E-state index contributed by atoms with van der Waals surface area (Å²) >= 11 is 0. The number of esters is 1. The molecule has 0 heterocycles. The molecule has 1 rings (SSSR count). The van der Waals surface area contributed by atoms with Crippen molar-refractivity contribution in [2.75, 3.05) is 13.7 Å². The highest BCUT2D eigenvalue weighted by molar-refractivity contribution is 5.91. The largest absolute Gasteiger partial charge is 0.493 e. The first kappa shape index (κ1) is 13.8. The van der Waals surface area contributed by atoms with E-state index in [-0.39, 0.29) is 6.61 Å². The highest BCUT2D eigenvalue weighted by Crippen LogP contribution is 2.26. The molecular weight excluding hydrogens is 236 g/mol. The van der Waals surface area contributed by atoms with Crippen LogP contribution in [0, 0.1) is 0 Å². The highest BCUT2D eigenvalue weighted by atomic mass is 16.6. The third kappa shape index (κ3) is 3.62. The molecule has 0 N–H and O–H groups in total. The molecule has 0 amide bonds. The number of rotatable bonds is 7. The Morgan fingerprint density at radius 1 is 1.39 bits per heavy atom. The molecule has 1 aromatic carbocycles. The van der Waals surface area contributed by atoms with Crippen LogP contribution in [0.25, 0.3) is 0 Å². The van der Waals surface area contributed by atoms with Crippen LogP contribution in [-0.4, -0.2) is 32.1 Å². The first-order valence-corrected chi connectivity index (χ1v) is 5.25. The summed E-state index contributed by atoms with van der Waals surface area (Å²) in [6, 6.07) is 6.70. The van der Waals surface area contributed by atoms with Crippen LogP contribution in [-0.2, 0) is 14.3 Å². The summed E-state index contributed by atoms with van der Waals surface area (Å²) < 4.78 is 15.0. The van der Waals surface area contributed by atoms with Gasteiger partial charge in [-0.2, -0.15) is 0 Å². The maximum Gasteiger partial charge on any atom is 0.355 e. The number of aldehydes is 1. The van der Waals surface area contributed by atoms with Gasteiger partial charge in [-0.1, -0.05) is 24.8 Å². The lowest BCUT2D eigenvalue weighted by atomic mass is 10.3. The van der Waals surface area contributed by atoms with E-state index in [0.29, 0.717) is 17.8 Å². The van der Waals surface area contributed by atoms with Gasteiger partial charge in [0.1, 0.15) is 6.61 Å². The fraction of sp³-hybridized carbons (Fsp3) is 0.231. The Bertz CT molecular complexity index is 427. The Labute approximate surface area is 105 Å². The first-order chi connectivity index (χ1) is 8.72. The number of benzene rings is 1. The maximum absolute atomic E-state index is 11.5. The van der Waals surface area contributed by atoms with Crippen LogP contribution in [0.2, 0.25) is 0 Å². The quantitative estimate of drug-likeness (QED) is 0.316. The molecule has 18 heavy (non-hydrogen) atoms. The van der Waals surface area contributed by atoms with Gasteiger partial charge in [-0.25, -0.2) is 4.79 Å². The van der Waals surface area contributed by atoms with Gasteiger partial charge in [-0.05, 0) is 12.1 Å². The normalized spacial score (nSPS) is 11.2. The number of hydrogen-bond acceptors (Lipinski definition) is 5. The van der Waals surface area contributed by atoms with Crippen molar-refractivity contribution in [2.24, 2.45) is 0 Å². The number of carbonyl (C=O) groups is 2. The summed E-state index contributed by atoms with van der Waals surface area (Å²) in [6.07, 6.45) is 0.460. The van der Waals surface area contributed by atoms with E-state index < -0.39 is 12.1 Å². The second kappa shape index (κ2) is 7.11. The molecule has 0 aliphatic rings. The summed E-state index contributed by atoms with van der Waals surface area (Å²) in [4.78, 5) is 22.3. The van der Waals surface area contributed by atoms with Crippen LogP contribution in [0.4, 0.5) is 0 Å². The number of ether oxygens (including phenoxy) is 3. The van der Waals surface area contributed by atoms with Crippen molar-refractivity contribution in [3.05, 3.63) is 36.9 Å². The zero-order valence-electron chi connectivity index (χ0n) is 10.00. The Hall–Kier alpha value is -2.30. The average Bonchev–Trinajstić information content (AvgIpc) is 2.42. The second-order valence-electron chi connectivity index (χ2n) is 3.24. The lowest BCUT2D eigenvalue weighted by Gasteiger charge is -2.14. The Morgan fingerprint density at radius 2 is 2.06 bits per heavy atom. The van der Waals surface area contributed by atoms with Gasteiger partial charge in [0, 0.05) is 0 Å². The molecule has 1 atom stereocenters. The standard InChI is InChI=1S/C13H14O5/c1-3-8-17-13(15)12(9-14)18-11-7-5-4-6-10(11)16-2/h3-7,9,12H,1,8H2,2H3. The lowest BCUT2D eigenvalue weighted by Crippen LogP contribution is -2.31. The number of para-hydroxylation sites is 2. The van der Waals surface area contributed by atoms with Gasteiger partial charge >= 0.3 is 5.97 Å². The smallest absolute Gasteiger partial charge is 0.355 e. The fourth-order valence-electron chi connectivity index (χ4n) is 1.21. The minimum absolute atomic E-state index is 0.0262. The summed E-state index contributed by atoms with van der Waals surface area (Å²) in [5.41, 5.74) is 0. The highest BCUT2D eigenvalue weighted by Gasteiger charge is 2.22. The SMILES string of the molecule is C=CCOC(=O)C(C=O)Oc1ccccc1OC. The molecule has 0 spiro atoms. The van der Waals surface area contributed by atoms with E-state index in [1.54, 1.807) is 24.3 Å². The molecule has 0 aliphatic heterocycles. The molecule has 1 aromatic rings. The zero-order chi connectivity index (χ0) is 13.4. The van der Waals surface area contributed by atoms with E-state index in [1.165, 1.54) is 13.2 Å². The number of methoxy groups -OCH3 is 1. The molecule has 0 aromatic heterocycles. The number of carbonyl (C=O) groups excluding carboxylic acids is 2. The summed E-state index contributed by atoms with van der Waals surface area (Å²) in [5, 5.41) is 0. The molecular formula is C13H14O5. The average molecular weight is 250 g/mol. The first-order valence-electron chi connectivity index (χ1n) is 5.25. The molecule has 0 saturated heterocycles. The molecule has 0 bridgehead atoms. The third-order valence-corrected chi connectivity index (χ3v) is 2.02. The van der Waals surface area contributed by atoms with Crippen LogP contribution in [0.1, 0.15) is 0 Å². The summed E-state index contributed by atoms with van der Waals surface area (Å²) in [6.45, 7) is 3.43. The van der Waals surface area contributed by atoms with Crippen molar-refractivity contribution < 1.29 is 23.8 Å². The van der Waals surface area contributed by atoms with E-state index in [1.807, 2.05) is 0 Å². The van der Waals surface area contributed by atoms with Crippen LogP contribution in [0.5, 0.6) is 11.5 Å². The van der Waals surface area contributed by atoms with E-state index in [9.17, 15) is 9.59 Å². The molecule has 5 heteroatoms. The topological polar surface area (TPSA) is 61.8 Å². The van der Waals surface area contributed by atoms with Crippen molar-refractivity contribution in [2.45, 2.75) is 6.10 Å². The zero-order valence-corrected chi connectivity index (χ0v) is 10.00. The monoisotopic (exact) mass is 250 g/mol. The number of hydrogen-bond donors (Lipinski definition) is 0. The summed E-state index contributed by atoms with van der Waals surface area (Å²) in [7, 11) is 1.47. The van der Waals surface area contributed by atoms with Gasteiger partial charge in [0.2, 0.25) is 6.10 Å². The maximum atomic E-state index is 11.5. The second-order valence-corrected chi connectivity index (χ2v) is 3.24. The van der Waals surface area contributed by atoms with E-state index >= 15 is 0 Å². The van der Waals surface area contributed by atoms with E-state index in [2.05, 4.69) is 6.58 Å². The van der Waals surface area contributed by atoms with E-state index in [4.69, 9.17) is 14.2 Å². The third-order valence-electron chi connectivity index (χ3n) is 2.02. The molecule has 5 nitrogen and oxygen atoms in total. The summed E-state index contributed by atoms with van der Waals surface area (Å²) in [5.74, 6) is -0.0377. The van der Waals surface area contributed by atoms with Gasteiger partial charge in [0.15, 0.2) is 17.8 Å². The van der Waals surface area contributed by atoms with Crippen LogP contribution >= 0.6 is 0 Å². The predicted octanol–water partition coefficient (Wildman–Crippen LogP) is 1.37. The van der Waals surface area contributed by atoms with Gasteiger partial charge in [0.05, 0.1) is 7.11 Å². The Morgan fingerprint density at radius 3 is 2.61 bits per heavy atom. The van der Waals surface area contributed by atoms with Crippen molar-refractivity contribution in [1.29, 1.82) is 0 Å². The van der Waals surface area contributed by atoms with Crippen molar-refractivity contribution in [1.82, 2.24) is 0 Å². The van der Waals surface area contributed by atoms with Gasteiger partial charge < -0.3 is 14.2 Å². The van der Waals surface area contributed by atoms with E-state index in [0.717, 1.165) is 0 Å².